The fourth-order valence-electron chi connectivity index (χ4n) is 9.38. The van der Waals surface area contributed by atoms with Gasteiger partial charge in [-0.1, -0.05) is 0 Å². The highest BCUT2D eigenvalue weighted by Crippen LogP contribution is 2.57. The summed E-state index contributed by atoms with van der Waals surface area (Å²) in [5.41, 5.74) is 13.1. The van der Waals surface area contributed by atoms with E-state index in [0.29, 0.717) is 47.8 Å². The summed E-state index contributed by atoms with van der Waals surface area (Å²) in [6, 6.07) is 41.8. The third-order valence-corrected chi connectivity index (χ3v) is 19.6. The Hall–Kier alpha value is -8.34. The second-order valence-electron chi connectivity index (χ2n) is 18.8. The third kappa shape index (κ3) is 11.7. The van der Waals surface area contributed by atoms with E-state index in [1.807, 2.05) is 60.7 Å². The van der Waals surface area contributed by atoms with Gasteiger partial charge in [0.25, 0.3) is 12.0 Å². The van der Waals surface area contributed by atoms with Crippen molar-refractivity contribution in [2.75, 3.05) is 0 Å². The molecule has 2 aliphatic heterocycles. The van der Waals surface area contributed by atoms with Crippen molar-refractivity contribution in [3.05, 3.63) is 171 Å². The second-order valence-corrected chi connectivity index (χ2v) is 25.3. The Labute approximate surface area is 516 Å². The highest BCUT2D eigenvalue weighted by molar-refractivity contribution is 7.58. The quantitative estimate of drug-likeness (QED) is 0.0689. The lowest BCUT2D eigenvalue weighted by Gasteiger charge is -2.13. The molecular formula is C60H34F6N8O4S8. The summed E-state index contributed by atoms with van der Waals surface area (Å²) < 4.78 is 136. The van der Waals surface area contributed by atoms with E-state index in [9.17, 15) is 26.3 Å². The van der Waals surface area contributed by atoms with Crippen LogP contribution in [0.1, 0.15) is 13.8 Å². The first-order valence-corrected chi connectivity index (χ1v) is 31.5. The Morgan fingerprint density at radius 2 is 0.581 bits per heavy atom. The zero-order valence-electron chi connectivity index (χ0n) is 44.0. The molecule has 8 heterocycles. The van der Waals surface area contributed by atoms with Crippen LogP contribution in [0.4, 0.5) is 49.1 Å². The molecule has 12 aromatic rings. The van der Waals surface area contributed by atoms with Crippen LogP contribution in [0.5, 0.6) is 23.0 Å². The molecule has 12 nitrogen and oxygen atoms in total. The number of nitrogens with zero attached hydrogens (tertiary/aromatic N) is 8. The maximum atomic E-state index is 13.2. The molecule has 0 radical (unpaired) electrons. The zero-order valence-corrected chi connectivity index (χ0v) is 50.5. The molecule has 428 valence electrons. The normalized spacial score (nSPS) is 12.4. The third-order valence-electron chi connectivity index (χ3n) is 12.9. The molecule has 0 saturated heterocycles. The van der Waals surface area contributed by atoms with Crippen LogP contribution in [-0.4, -0.2) is 29.7 Å². The predicted octanol–water partition coefficient (Wildman–Crippen LogP) is 22.0. The van der Waals surface area contributed by atoms with Crippen molar-refractivity contribution in [2.45, 2.75) is 26.1 Å². The average molecular weight is 1300 g/mol. The van der Waals surface area contributed by atoms with Gasteiger partial charge in [0.05, 0.1) is 46.2 Å². The molecule has 26 heteroatoms. The SMILES string of the molecule is C=C(F)Oc1ccc(-c2ccc(-c3c4c(c(-c5ccc(-c6ccc(OC(=C)F)cc6)s5)c5nsnc35)N=S=N4)s2)cc1.CC(F)(F)Oc1ccc(-c2ccc(-c3c4c(c(-c5ccc(-c6ccc(OC(C)(F)F)cc6)s5)c5nsnc35)N=S=N4)s2)cc1. The van der Waals surface area contributed by atoms with Gasteiger partial charge in [0.2, 0.25) is 0 Å². The molecule has 0 saturated carbocycles. The molecule has 86 heavy (non-hydrogen) atoms. The summed E-state index contributed by atoms with van der Waals surface area (Å²) in [5, 5.41) is 0. The number of aromatic nitrogens is 4. The minimum Gasteiger partial charge on any atom is -0.433 e. The summed E-state index contributed by atoms with van der Waals surface area (Å²) >= 11 is 10.8. The largest absolute Gasteiger partial charge is 0.433 e. The van der Waals surface area contributed by atoms with Gasteiger partial charge in [0.15, 0.2) is 0 Å². The van der Waals surface area contributed by atoms with Crippen LogP contribution in [0, 0.1) is 0 Å². The van der Waals surface area contributed by atoms with Crippen molar-refractivity contribution in [3.63, 3.8) is 0 Å². The molecule has 6 aromatic carbocycles. The fraction of sp³-hybridized carbons (Fsp3) is 0.0667. The van der Waals surface area contributed by atoms with E-state index in [1.54, 1.807) is 71.2 Å². The van der Waals surface area contributed by atoms with Crippen molar-refractivity contribution in [3.8, 4) is 107 Å². The van der Waals surface area contributed by atoms with Gasteiger partial charge in [-0.25, -0.2) is 0 Å². The van der Waals surface area contributed by atoms with Crippen LogP contribution < -0.4 is 18.9 Å². The molecule has 0 aliphatic carbocycles. The van der Waals surface area contributed by atoms with Crippen LogP contribution in [0.2, 0.25) is 0 Å². The maximum absolute atomic E-state index is 13.2. The molecule has 0 bridgehead atoms. The molecule has 6 aromatic heterocycles. The monoisotopic (exact) mass is 1300 g/mol. The van der Waals surface area contributed by atoms with E-state index in [1.165, 1.54) is 46.9 Å². The second kappa shape index (κ2) is 23.2. The van der Waals surface area contributed by atoms with E-state index in [0.717, 1.165) is 152 Å². The molecule has 2 aliphatic rings. The first-order valence-electron chi connectivity index (χ1n) is 25.3. The van der Waals surface area contributed by atoms with Gasteiger partial charge in [-0.2, -0.15) is 61.3 Å². The van der Waals surface area contributed by atoms with Crippen molar-refractivity contribution in [1.82, 2.24) is 17.5 Å². The molecule has 14 rings (SSSR count). The molecule has 0 amide bonds. The van der Waals surface area contributed by atoms with Gasteiger partial charge >= 0.3 is 12.2 Å². The highest BCUT2D eigenvalue weighted by atomic mass is 32.1. The number of alkyl halides is 4. The number of hydrogen-bond acceptors (Lipinski definition) is 18. The van der Waals surface area contributed by atoms with Gasteiger partial charge in [0, 0.05) is 75.1 Å². The van der Waals surface area contributed by atoms with Crippen molar-refractivity contribution >= 4 is 136 Å². The summed E-state index contributed by atoms with van der Waals surface area (Å²) in [5.74, 6) is 0.941. The van der Waals surface area contributed by atoms with Gasteiger partial charge in [-0.15, -0.1) is 45.3 Å². The molecule has 0 atom stereocenters. The maximum Gasteiger partial charge on any atom is 0.394 e. The first-order chi connectivity index (χ1) is 41.5. The Balaban J connectivity index is 0.000000160. The number of fused-ring (bicyclic) bond motifs is 4. The lowest BCUT2D eigenvalue weighted by molar-refractivity contribution is -0.159. The highest BCUT2D eigenvalue weighted by Gasteiger charge is 2.31. The number of rotatable bonds is 16. The predicted molar refractivity (Wildman–Crippen MR) is 337 cm³/mol. The fourth-order valence-corrected chi connectivity index (χ4v) is 15.8. The van der Waals surface area contributed by atoms with Crippen molar-refractivity contribution in [2.24, 2.45) is 17.5 Å². The van der Waals surface area contributed by atoms with Crippen molar-refractivity contribution < 1.29 is 45.3 Å². The van der Waals surface area contributed by atoms with Gasteiger partial charge in [0.1, 0.15) is 67.8 Å². The lowest BCUT2D eigenvalue weighted by atomic mass is 10.0. The van der Waals surface area contributed by atoms with Crippen LogP contribution in [0.3, 0.4) is 0 Å². The molecule has 0 fully saturated rings. The van der Waals surface area contributed by atoms with Crippen LogP contribution in [0.25, 0.3) is 106 Å². The number of benzene rings is 6. The Bertz CT molecular complexity index is 4490. The Morgan fingerprint density at radius 3 is 0.814 bits per heavy atom. The van der Waals surface area contributed by atoms with Crippen LogP contribution >= 0.6 is 68.8 Å². The number of hydrogen-bond donors (Lipinski definition) is 0. The van der Waals surface area contributed by atoms with E-state index in [2.05, 4.69) is 52.2 Å². The van der Waals surface area contributed by atoms with E-state index < -0.39 is 24.2 Å². The number of halogens is 6. The van der Waals surface area contributed by atoms with E-state index in [-0.39, 0.29) is 11.5 Å². The molecule has 0 unspecified atom stereocenters. The molecule has 0 N–H and O–H groups in total. The topological polar surface area (TPSA) is 138 Å². The van der Waals surface area contributed by atoms with E-state index >= 15 is 0 Å². The summed E-state index contributed by atoms with van der Waals surface area (Å²) in [4.78, 5) is 7.78. The summed E-state index contributed by atoms with van der Waals surface area (Å²) in [7, 11) is 0. The smallest absolute Gasteiger partial charge is 0.394 e. The standard InChI is InChI=1S/C30H18F4N4O2S4.C30H16F2N4O2S4/c1-29(31,32)39-17-7-3-15(4-8-17)19-11-13-21(41-19)23-25-27(37-43-35-25)24(28-26(23)36-44-38-28)22-14-12-20(42-22)16-5-9-18(10-6-16)40-30(2,33)34;1-15(31)37-19-7-3-17(4-8-19)21-11-13-23(39-21)25-27-29(35-41-33-27)26(30-28(25)34-42-36-30)24-14-12-22(40-24)18-5-9-20(10-6-18)38-16(2)32/h3-14H,1-2H3;3-14H,1-2H2. The van der Waals surface area contributed by atoms with Crippen LogP contribution in [-0.2, 0) is 22.7 Å². The van der Waals surface area contributed by atoms with Gasteiger partial charge < -0.3 is 18.9 Å². The van der Waals surface area contributed by atoms with Gasteiger partial charge in [-0.3, -0.25) is 0 Å². The zero-order chi connectivity index (χ0) is 59.4. The summed E-state index contributed by atoms with van der Waals surface area (Å²) in [6.07, 6.45) is -6.52. The lowest BCUT2D eigenvalue weighted by Crippen LogP contribution is -2.18. The van der Waals surface area contributed by atoms with Crippen LogP contribution in [0.15, 0.2) is 188 Å². The van der Waals surface area contributed by atoms with Crippen molar-refractivity contribution in [1.29, 1.82) is 0 Å². The average Bonchev–Trinajstić information content (AvgIpc) is 1.62. The van der Waals surface area contributed by atoms with Gasteiger partial charge in [-0.05, 0) is 181 Å². The first kappa shape index (κ1) is 56.8. The summed E-state index contributed by atoms with van der Waals surface area (Å²) in [6.45, 7) is 7.67. The molecular weight excluding hydrogens is 1270 g/mol. The number of thiophene rings is 4. The molecule has 0 spiro atoms. The Kier molecular flexibility index (Phi) is 15.3. The minimum atomic E-state index is -3.26. The van der Waals surface area contributed by atoms with E-state index in [4.69, 9.17) is 26.9 Å². The Morgan fingerprint density at radius 1 is 0.349 bits per heavy atom. The minimum absolute atomic E-state index is 0.0862. The number of ether oxygens (including phenoxy) is 4.